The van der Waals surface area contributed by atoms with Crippen LogP contribution < -0.4 is 10.1 Å². The molecule has 0 aliphatic rings. The van der Waals surface area contributed by atoms with Crippen molar-refractivity contribution in [2.45, 2.75) is 18.2 Å². The topological polar surface area (TPSA) is 91.4 Å². The number of nitrogens with one attached hydrogen (secondary N) is 1. The molecule has 2 aromatic heterocycles. The van der Waals surface area contributed by atoms with Gasteiger partial charge in [-0.15, -0.1) is 10.2 Å². The van der Waals surface area contributed by atoms with Crippen LogP contribution in [0.1, 0.15) is 22.1 Å². The van der Waals surface area contributed by atoms with Gasteiger partial charge in [0.15, 0.2) is 10.9 Å². The van der Waals surface area contributed by atoms with Crippen LogP contribution in [0, 0.1) is 0 Å². The van der Waals surface area contributed by atoms with E-state index in [1.165, 1.54) is 11.8 Å². The van der Waals surface area contributed by atoms with E-state index in [2.05, 4.69) is 15.5 Å². The van der Waals surface area contributed by atoms with Crippen molar-refractivity contribution in [2.24, 2.45) is 0 Å². The van der Waals surface area contributed by atoms with Gasteiger partial charge < -0.3 is 19.2 Å². The van der Waals surface area contributed by atoms with Crippen LogP contribution in [0.5, 0.6) is 5.75 Å². The fourth-order valence-corrected chi connectivity index (χ4v) is 3.20. The summed E-state index contributed by atoms with van der Waals surface area (Å²) in [6.45, 7) is 0.734. The van der Waals surface area contributed by atoms with Crippen molar-refractivity contribution in [3.8, 4) is 11.4 Å². The SMILES string of the molecule is COCc1ccc(C(=O)NCCc2nnc(SC)n2-c2ccc(OC)cc2)o1. The lowest BCUT2D eigenvalue weighted by molar-refractivity contribution is 0.0917. The second kappa shape index (κ2) is 9.43. The molecule has 8 nitrogen and oxygen atoms in total. The minimum absolute atomic E-state index is 0.258. The highest BCUT2D eigenvalue weighted by Gasteiger charge is 2.15. The number of ether oxygens (including phenoxy) is 2. The Morgan fingerprint density at radius 1 is 1.18 bits per heavy atom. The summed E-state index contributed by atoms with van der Waals surface area (Å²) in [5.41, 5.74) is 0.937. The van der Waals surface area contributed by atoms with Crippen LogP contribution >= 0.6 is 11.8 Å². The first-order valence-corrected chi connectivity index (χ1v) is 9.87. The number of carbonyl (C=O) groups excluding carboxylic acids is 1. The summed E-state index contributed by atoms with van der Waals surface area (Å²) in [7, 11) is 3.20. The Labute approximate surface area is 167 Å². The molecule has 0 spiro atoms. The van der Waals surface area contributed by atoms with Gasteiger partial charge in [0.25, 0.3) is 5.91 Å². The third-order valence-corrected chi connectivity index (χ3v) is 4.65. The van der Waals surface area contributed by atoms with E-state index in [0.29, 0.717) is 25.3 Å². The smallest absolute Gasteiger partial charge is 0.287 e. The van der Waals surface area contributed by atoms with Gasteiger partial charge in [0.2, 0.25) is 0 Å². The molecule has 148 valence electrons. The van der Waals surface area contributed by atoms with Gasteiger partial charge >= 0.3 is 0 Å². The second-order valence-electron chi connectivity index (χ2n) is 5.84. The molecule has 0 aliphatic carbocycles. The number of amides is 1. The number of rotatable bonds is 9. The zero-order chi connectivity index (χ0) is 19.9. The Hall–Kier alpha value is -2.78. The maximum atomic E-state index is 12.2. The van der Waals surface area contributed by atoms with Crippen molar-refractivity contribution in [3.63, 3.8) is 0 Å². The molecular weight excluding hydrogens is 380 g/mol. The van der Waals surface area contributed by atoms with Gasteiger partial charge in [0.1, 0.15) is 23.9 Å². The highest BCUT2D eigenvalue weighted by Crippen LogP contribution is 2.22. The number of hydrogen-bond acceptors (Lipinski definition) is 7. The highest BCUT2D eigenvalue weighted by molar-refractivity contribution is 7.98. The Kier molecular flexibility index (Phi) is 6.72. The van der Waals surface area contributed by atoms with Crippen molar-refractivity contribution in [1.29, 1.82) is 0 Å². The molecule has 0 fully saturated rings. The first-order valence-electron chi connectivity index (χ1n) is 8.64. The number of aromatic nitrogens is 3. The average molecular weight is 402 g/mol. The van der Waals surface area contributed by atoms with Crippen LogP contribution in [0.25, 0.3) is 5.69 Å². The molecular formula is C19H22N4O4S. The minimum Gasteiger partial charge on any atom is -0.497 e. The maximum absolute atomic E-state index is 12.2. The Morgan fingerprint density at radius 3 is 2.64 bits per heavy atom. The largest absolute Gasteiger partial charge is 0.497 e. The molecule has 28 heavy (non-hydrogen) atoms. The first kappa shape index (κ1) is 20.0. The molecule has 1 aromatic carbocycles. The third-order valence-electron chi connectivity index (χ3n) is 4.02. The summed E-state index contributed by atoms with van der Waals surface area (Å²) in [5, 5.41) is 12.1. The van der Waals surface area contributed by atoms with Crippen LogP contribution in [-0.2, 0) is 17.8 Å². The normalized spacial score (nSPS) is 10.8. The van der Waals surface area contributed by atoms with E-state index in [0.717, 1.165) is 22.4 Å². The monoisotopic (exact) mass is 402 g/mol. The van der Waals surface area contributed by atoms with Gasteiger partial charge in [-0.2, -0.15) is 0 Å². The highest BCUT2D eigenvalue weighted by atomic mass is 32.2. The Bertz CT molecular complexity index is 920. The number of furan rings is 1. The van der Waals surface area contributed by atoms with Crippen LogP contribution in [0.2, 0.25) is 0 Å². The Morgan fingerprint density at radius 2 is 1.96 bits per heavy atom. The van der Waals surface area contributed by atoms with Gasteiger partial charge in [-0.05, 0) is 42.7 Å². The molecule has 0 saturated heterocycles. The van der Waals surface area contributed by atoms with E-state index in [1.807, 2.05) is 35.1 Å². The van der Waals surface area contributed by atoms with Crippen molar-refractivity contribution < 1.29 is 18.7 Å². The lowest BCUT2D eigenvalue weighted by Crippen LogP contribution is -2.26. The zero-order valence-electron chi connectivity index (χ0n) is 16.0. The molecule has 1 amide bonds. The number of methoxy groups -OCH3 is 2. The van der Waals surface area contributed by atoms with E-state index >= 15 is 0 Å². The van der Waals surface area contributed by atoms with E-state index in [-0.39, 0.29) is 11.7 Å². The summed E-state index contributed by atoms with van der Waals surface area (Å²) in [4.78, 5) is 12.2. The number of hydrogen-bond donors (Lipinski definition) is 1. The molecule has 0 saturated carbocycles. The minimum atomic E-state index is -0.275. The van der Waals surface area contributed by atoms with Crippen molar-refractivity contribution in [2.75, 3.05) is 27.0 Å². The number of thioether (sulfide) groups is 1. The molecule has 3 rings (SSSR count). The molecule has 0 bridgehead atoms. The van der Waals surface area contributed by atoms with Gasteiger partial charge in [0.05, 0.1) is 7.11 Å². The summed E-state index contributed by atoms with van der Waals surface area (Å²) in [6, 6.07) is 11.0. The molecule has 3 aromatic rings. The van der Waals surface area contributed by atoms with Crippen LogP contribution in [0.3, 0.4) is 0 Å². The number of benzene rings is 1. The molecule has 1 N–H and O–H groups in total. The van der Waals surface area contributed by atoms with Gasteiger partial charge in [0, 0.05) is 25.8 Å². The molecule has 0 atom stereocenters. The van der Waals surface area contributed by atoms with Crippen molar-refractivity contribution >= 4 is 17.7 Å². The summed E-state index contributed by atoms with van der Waals surface area (Å²) in [5.74, 6) is 2.13. The second-order valence-corrected chi connectivity index (χ2v) is 6.61. The lowest BCUT2D eigenvalue weighted by atomic mass is 10.3. The third kappa shape index (κ3) is 4.55. The average Bonchev–Trinajstić information content (AvgIpc) is 3.35. The van der Waals surface area contributed by atoms with E-state index in [1.54, 1.807) is 26.4 Å². The van der Waals surface area contributed by atoms with Gasteiger partial charge in [-0.3, -0.25) is 9.36 Å². The van der Waals surface area contributed by atoms with Crippen molar-refractivity contribution in [3.05, 3.63) is 53.7 Å². The van der Waals surface area contributed by atoms with E-state index in [4.69, 9.17) is 13.9 Å². The summed E-state index contributed by atoms with van der Waals surface area (Å²) >= 11 is 1.51. The zero-order valence-corrected chi connectivity index (χ0v) is 16.8. The lowest BCUT2D eigenvalue weighted by Gasteiger charge is -2.10. The first-order chi connectivity index (χ1) is 13.7. The van der Waals surface area contributed by atoms with Crippen molar-refractivity contribution in [1.82, 2.24) is 20.1 Å². The van der Waals surface area contributed by atoms with E-state index in [9.17, 15) is 4.79 Å². The fraction of sp³-hybridized carbons (Fsp3) is 0.316. The molecule has 2 heterocycles. The number of nitrogens with zero attached hydrogens (tertiary/aromatic N) is 3. The molecule has 0 aliphatic heterocycles. The quantitative estimate of drug-likeness (QED) is 0.550. The van der Waals surface area contributed by atoms with Crippen LogP contribution in [-0.4, -0.2) is 47.7 Å². The van der Waals surface area contributed by atoms with Gasteiger partial charge in [-0.1, -0.05) is 11.8 Å². The van der Waals surface area contributed by atoms with E-state index < -0.39 is 0 Å². The maximum Gasteiger partial charge on any atom is 0.287 e. The number of carbonyl (C=O) groups is 1. The predicted molar refractivity (Wildman–Crippen MR) is 105 cm³/mol. The summed E-state index contributed by atoms with van der Waals surface area (Å²) < 4.78 is 17.6. The van der Waals surface area contributed by atoms with Crippen LogP contribution in [0.4, 0.5) is 0 Å². The van der Waals surface area contributed by atoms with Crippen LogP contribution in [0.15, 0.2) is 46.0 Å². The predicted octanol–water partition coefficient (Wildman–Crippen LogP) is 2.71. The molecule has 0 radical (unpaired) electrons. The molecule has 0 unspecified atom stereocenters. The molecule has 9 heteroatoms. The van der Waals surface area contributed by atoms with Gasteiger partial charge in [-0.25, -0.2) is 0 Å². The Balaban J connectivity index is 1.67. The summed E-state index contributed by atoms with van der Waals surface area (Å²) in [6.07, 6.45) is 2.47. The standard InChI is InChI=1S/C19H22N4O4S/c1-25-12-15-8-9-16(27-15)18(24)20-11-10-17-21-22-19(28-3)23(17)13-4-6-14(26-2)7-5-13/h4-9H,10-12H2,1-3H3,(H,20,24). The fourth-order valence-electron chi connectivity index (χ4n) is 2.68.